The van der Waals surface area contributed by atoms with E-state index in [9.17, 15) is 19.5 Å². The number of hydrogen-bond acceptors (Lipinski definition) is 5. The van der Waals surface area contributed by atoms with Gasteiger partial charge in [-0.2, -0.15) is 0 Å². The number of nitrogens with zero attached hydrogens (tertiary/aromatic N) is 1. The number of fused-ring (bicyclic) bond motifs is 1. The SMILES string of the molecule is CC(O)C(C(=O)OCc1ccccc1)N1C(=O)c2ccccc2C1=O. The Hall–Kier alpha value is -2.99. The van der Waals surface area contributed by atoms with Gasteiger partial charge in [0.1, 0.15) is 6.61 Å². The van der Waals surface area contributed by atoms with E-state index >= 15 is 0 Å². The molecule has 1 aliphatic heterocycles. The zero-order chi connectivity index (χ0) is 18.0. The summed E-state index contributed by atoms with van der Waals surface area (Å²) in [5.41, 5.74) is 1.20. The number of benzene rings is 2. The van der Waals surface area contributed by atoms with Gasteiger partial charge in [0.05, 0.1) is 17.2 Å². The predicted octanol–water partition coefficient (Wildman–Crippen LogP) is 1.78. The van der Waals surface area contributed by atoms with Crippen molar-refractivity contribution < 1.29 is 24.2 Å². The van der Waals surface area contributed by atoms with Crippen molar-refractivity contribution in [3.8, 4) is 0 Å². The van der Waals surface area contributed by atoms with E-state index in [0.717, 1.165) is 10.5 Å². The lowest BCUT2D eigenvalue weighted by molar-refractivity contribution is -0.153. The first-order valence-electron chi connectivity index (χ1n) is 7.86. The van der Waals surface area contributed by atoms with E-state index in [-0.39, 0.29) is 17.7 Å². The molecule has 0 radical (unpaired) electrons. The van der Waals surface area contributed by atoms with Gasteiger partial charge in [-0.15, -0.1) is 0 Å². The highest BCUT2D eigenvalue weighted by Crippen LogP contribution is 2.26. The molecule has 0 fully saturated rings. The monoisotopic (exact) mass is 339 g/mol. The first kappa shape index (κ1) is 16.9. The summed E-state index contributed by atoms with van der Waals surface area (Å²) in [6, 6.07) is 13.9. The summed E-state index contributed by atoms with van der Waals surface area (Å²) < 4.78 is 5.21. The molecular formula is C19H17NO5. The molecule has 6 nitrogen and oxygen atoms in total. The highest BCUT2D eigenvalue weighted by Gasteiger charge is 2.45. The van der Waals surface area contributed by atoms with Crippen molar-refractivity contribution in [2.45, 2.75) is 25.7 Å². The van der Waals surface area contributed by atoms with Crippen LogP contribution in [0.2, 0.25) is 0 Å². The Kier molecular flexibility index (Phi) is 4.63. The van der Waals surface area contributed by atoms with E-state index in [1.165, 1.54) is 19.1 Å². The van der Waals surface area contributed by atoms with Gasteiger partial charge in [0.25, 0.3) is 11.8 Å². The lowest BCUT2D eigenvalue weighted by Gasteiger charge is -2.26. The third-order valence-electron chi connectivity index (χ3n) is 4.03. The second-order valence-electron chi connectivity index (χ2n) is 5.80. The number of rotatable bonds is 5. The first-order chi connectivity index (χ1) is 12.0. The second-order valence-corrected chi connectivity index (χ2v) is 5.80. The summed E-state index contributed by atoms with van der Waals surface area (Å²) in [5.74, 6) is -2.04. The van der Waals surface area contributed by atoms with Crippen LogP contribution in [0.1, 0.15) is 33.2 Å². The molecule has 0 bridgehead atoms. The van der Waals surface area contributed by atoms with E-state index in [2.05, 4.69) is 0 Å². The second kappa shape index (κ2) is 6.86. The van der Waals surface area contributed by atoms with Gasteiger partial charge in [-0.1, -0.05) is 42.5 Å². The smallest absolute Gasteiger partial charge is 0.332 e. The average molecular weight is 339 g/mol. The lowest BCUT2D eigenvalue weighted by Crippen LogP contribution is -2.51. The molecule has 1 N–H and O–H groups in total. The Morgan fingerprint density at radius 2 is 1.52 bits per heavy atom. The first-order valence-corrected chi connectivity index (χ1v) is 7.86. The van der Waals surface area contributed by atoms with Gasteiger partial charge in [-0.3, -0.25) is 14.5 Å². The van der Waals surface area contributed by atoms with Gasteiger partial charge < -0.3 is 9.84 Å². The van der Waals surface area contributed by atoms with Crippen LogP contribution in [0.25, 0.3) is 0 Å². The number of aliphatic hydroxyl groups is 1. The minimum absolute atomic E-state index is 0.00787. The molecule has 0 saturated heterocycles. The summed E-state index contributed by atoms with van der Waals surface area (Å²) in [6.07, 6.45) is -1.26. The molecule has 128 valence electrons. The van der Waals surface area contributed by atoms with Crippen LogP contribution in [0.3, 0.4) is 0 Å². The number of hydrogen-bond donors (Lipinski definition) is 1. The molecule has 1 heterocycles. The van der Waals surface area contributed by atoms with Gasteiger partial charge in [0.15, 0.2) is 6.04 Å². The van der Waals surface area contributed by atoms with Crippen LogP contribution in [0, 0.1) is 0 Å². The molecule has 2 amide bonds. The predicted molar refractivity (Wildman–Crippen MR) is 88.6 cm³/mol. The maximum atomic E-state index is 12.5. The highest BCUT2D eigenvalue weighted by molar-refractivity contribution is 6.22. The molecule has 6 heteroatoms. The molecular weight excluding hydrogens is 322 g/mol. The van der Waals surface area contributed by atoms with Crippen LogP contribution in [-0.2, 0) is 16.1 Å². The molecule has 0 aliphatic carbocycles. The summed E-state index contributed by atoms with van der Waals surface area (Å²) in [5, 5.41) is 10.0. The molecule has 25 heavy (non-hydrogen) atoms. The molecule has 3 rings (SSSR count). The minimum atomic E-state index is -1.39. The van der Waals surface area contributed by atoms with Crippen LogP contribution in [-0.4, -0.2) is 39.9 Å². The fourth-order valence-electron chi connectivity index (χ4n) is 2.79. The zero-order valence-corrected chi connectivity index (χ0v) is 13.6. The van der Waals surface area contributed by atoms with Crippen molar-refractivity contribution in [3.63, 3.8) is 0 Å². The van der Waals surface area contributed by atoms with Gasteiger partial charge in [0, 0.05) is 0 Å². The van der Waals surface area contributed by atoms with Crippen molar-refractivity contribution in [3.05, 3.63) is 71.3 Å². The van der Waals surface area contributed by atoms with E-state index in [0.29, 0.717) is 0 Å². The van der Waals surface area contributed by atoms with Crippen molar-refractivity contribution in [1.82, 2.24) is 4.90 Å². The maximum Gasteiger partial charge on any atom is 0.332 e. The van der Waals surface area contributed by atoms with Crippen LogP contribution in [0.15, 0.2) is 54.6 Å². The average Bonchev–Trinajstić information content (AvgIpc) is 2.86. The number of esters is 1. The van der Waals surface area contributed by atoms with Crippen molar-refractivity contribution in [1.29, 1.82) is 0 Å². The molecule has 2 aromatic rings. The van der Waals surface area contributed by atoms with E-state index in [1.54, 1.807) is 36.4 Å². The van der Waals surface area contributed by atoms with Crippen LogP contribution < -0.4 is 0 Å². The Bertz CT molecular complexity index is 781. The standard InChI is InChI=1S/C19H17NO5/c1-12(21)16(19(24)25-11-13-7-3-2-4-8-13)20-17(22)14-9-5-6-10-15(14)18(20)23/h2-10,12,16,21H,11H2,1H3. The van der Waals surface area contributed by atoms with Crippen LogP contribution in [0.5, 0.6) is 0 Å². The molecule has 2 atom stereocenters. The summed E-state index contributed by atoms with van der Waals surface area (Å²) in [4.78, 5) is 38.3. The van der Waals surface area contributed by atoms with Gasteiger partial charge in [-0.25, -0.2) is 4.79 Å². The summed E-state index contributed by atoms with van der Waals surface area (Å²) >= 11 is 0. The van der Waals surface area contributed by atoms with Gasteiger partial charge in [0.2, 0.25) is 0 Å². The molecule has 0 aromatic heterocycles. The Labute approximate surface area is 144 Å². The quantitative estimate of drug-likeness (QED) is 0.663. The third-order valence-corrected chi connectivity index (χ3v) is 4.03. The fraction of sp³-hybridized carbons (Fsp3) is 0.211. The Balaban J connectivity index is 1.81. The lowest BCUT2D eigenvalue weighted by atomic mass is 10.1. The molecule has 1 aliphatic rings. The molecule has 2 unspecified atom stereocenters. The number of ether oxygens (including phenoxy) is 1. The molecule has 0 spiro atoms. The van der Waals surface area contributed by atoms with Gasteiger partial charge in [-0.05, 0) is 24.6 Å². The van der Waals surface area contributed by atoms with E-state index in [4.69, 9.17) is 4.74 Å². The summed E-state index contributed by atoms with van der Waals surface area (Å²) in [6.45, 7) is 1.34. The number of amides is 2. The van der Waals surface area contributed by atoms with Crippen LogP contribution in [0.4, 0.5) is 0 Å². The zero-order valence-electron chi connectivity index (χ0n) is 13.6. The van der Waals surface area contributed by atoms with E-state index in [1.807, 2.05) is 6.07 Å². The highest BCUT2D eigenvalue weighted by atomic mass is 16.5. The largest absolute Gasteiger partial charge is 0.459 e. The van der Waals surface area contributed by atoms with Crippen molar-refractivity contribution in [2.75, 3.05) is 0 Å². The van der Waals surface area contributed by atoms with Crippen LogP contribution >= 0.6 is 0 Å². The summed E-state index contributed by atoms with van der Waals surface area (Å²) in [7, 11) is 0. The maximum absolute atomic E-state index is 12.5. The topological polar surface area (TPSA) is 83.9 Å². The molecule has 2 aromatic carbocycles. The Morgan fingerprint density at radius 1 is 1.00 bits per heavy atom. The Morgan fingerprint density at radius 3 is 2.04 bits per heavy atom. The number of imide groups is 1. The fourth-order valence-corrected chi connectivity index (χ4v) is 2.79. The molecule has 0 saturated carbocycles. The van der Waals surface area contributed by atoms with Crippen molar-refractivity contribution in [2.24, 2.45) is 0 Å². The normalized spacial score (nSPS) is 15.7. The number of carbonyl (C=O) groups is 3. The van der Waals surface area contributed by atoms with Crippen molar-refractivity contribution >= 4 is 17.8 Å². The minimum Gasteiger partial charge on any atom is -0.459 e. The third kappa shape index (κ3) is 3.16. The number of aliphatic hydroxyl groups excluding tert-OH is 1. The number of carbonyl (C=O) groups excluding carboxylic acids is 3. The van der Waals surface area contributed by atoms with Gasteiger partial charge >= 0.3 is 5.97 Å². The van der Waals surface area contributed by atoms with E-state index < -0.39 is 29.9 Å².